The molecule has 0 atom stereocenters. The number of aromatic nitrogens is 3. The highest BCUT2D eigenvalue weighted by molar-refractivity contribution is 7.99. The minimum absolute atomic E-state index is 0.0172. The topological polar surface area (TPSA) is 76.9 Å². The van der Waals surface area contributed by atoms with Crippen LogP contribution in [0, 0.1) is 6.92 Å². The summed E-state index contributed by atoms with van der Waals surface area (Å²) in [4.78, 5) is 24.9. The summed E-state index contributed by atoms with van der Waals surface area (Å²) in [6, 6.07) is 23.9. The van der Waals surface area contributed by atoms with Crippen LogP contribution in [-0.4, -0.2) is 32.2 Å². The molecule has 0 saturated heterocycles. The molecule has 160 valence electrons. The van der Waals surface area contributed by atoms with E-state index in [1.54, 1.807) is 36.4 Å². The lowest BCUT2D eigenvalue weighted by Crippen LogP contribution is -2.12. The molecule has 0 spiro atoms. The van der Waals surface area contributed by atoms with Gasteiger partial charge in [-0.05, 0) is 48.9 Å². The monoisotopic (exact) mass is 442 g/mol. The quantitative estimate of drug-likeness (QED) is 0.321. The van der Waals surface area contributed by atoms with Crippen LogP contribution in [0.3, 0.4) is 0 Å². The van der Waals surface area contributed by atoms with Crippen LogP contribution in [0.15, 0.2) is 84.0 Å². The largest absolute Gasteiger partial charge is 0.322 e. The van der Waals surface area contributed by atoms with Gasteiger partial charge in [-0.3, -0.25) is 9.59 Å². The highest BCUT2D eigenvalue weighted by Gasteiger charge is 2.15. The van der Waals surface area contributed by atoms with Gasteiger partial charge in [0.15, 0.2) is 16.8 Å². The van der Waals surface area contributed by atoms with Crippen molar-refractivity contribution >= 4 is 29.1 Å². The predicted octanol–water partition coefficient (Wildman–Crippen LogP) is 5.02. The zero-order valence-corrected chi connectivity index (χ0v) is 18.6. The number of hydrogen-bond acceptors (Lipinski definition) is 5. The molecule has 0 radical (unpaired) electrons. The second-order valence-electron chi connectivity index (χ2n) is 7.29. The molecule has 7 heteroatoms. The van der Waals surface area contributed by atoms with Crippen molar-refractivity contribution in [2.24, 2.45) is 7.05 Å². The predicted molar refractivity (Wildman–Crippen MR) is 127 cm³/mol. The Kier molecular flexibility index (Phi) is 6.47. The summed E-state index contributed by atoms with van der Waals surface area (Å²) in [6.45, 7) is 2.03. The lowest BCUT2D eigenvalue weighted by Gasteiger charge is -2.07. The number of nitrogens with one attached hydrogen (secondary N) is 1. The Labute approximate surface area is 190 Å². The fraction of sp³-hybridized carbons (Fsp3) is 0.120. The van der Waals surface area contributed by atoms with E-state index in [1.807, 2.05) is 61.0 Å². The highest BCUT2D eigenvalue weighted by atomic mass is 32.2. The average Bonchev–Trinajstić information content (AvgIpc) is 3.19. The number of benzene rings is 3. The minimum atomic E-state index is -0.188. The molecular weight excluding hydrogens is 420 g/mol. The molecule has 1 amide bonds. The second-order valence-corrected chi connectivity index (χ2v) is 8.23. The first-order chi connectivity index (χ1) is 15.5. The number of nitrogens with zero attached hydrogens (tertiary/aromatic N) is 3. The zero-order chi connectivity index (χ0) is 22.5. The van der Waals surface area contributed by atoms with Crippen molar-refractivity contribution in [2.75, 3.05) is 11.1 Å². The number of carbonyl (C=O) groups excluding carboxylic acids is 2. The second kappa shape index (κ2) is 9.62. The van der Waals surface area contributed by atoms with Crippen LogP contribution >= 0.6 is 11.8 Å². The van der Waals surface area contributed by atoms with E-state index in [-0.39, 0.29) is 17.4 Å². The first-order valence-electron chi connectivity index (χ1n) is 10.1. The third kappa shape index (κ3) is 4.78. The summed E-state index contributed by atoms with van der Waals surface area (Å²) in [7, 11) is 1.90. The van der Waals surface area contributed by atoms with Gasteiger partial charge in [-0.25, -0.2) is 0 Å². The highest BCUT2D eigenvalue weighted by Crippen LogP contribution is 2.25. The summed E-state index contributed by atoms with van der Waals surface area (Å²) in [5.74, 6) is 0.815. The number of ketones is 1. The Hall–Kier alpha value is -3.71. The van der Waals surface area contributed by atoms with E-state index < -0.39 is 0 Å². The number of aryl methyl sites for hydroxylation is 1. The third-order valence-corrected chi connectivity index (χ3v) is 6.07. The minimum Gasteiger partial charge on any atom is -0.322 e. The lowest BCUT2D eigenvalue weighted by molar-refractivity contribution is 0.101. The van der Waals surface area contributed by atoms with E-state index in [9.17, 15) is 9.59 Å². The molecule has 0 unspecified atom stereocenters. The average molecular weight is 443 g/mol. The van der Waals surface area contributed by atoms with Gasteiger partial charge in [0.2, 0.25) is 0 Å². The summed E-state index contributed by atoms with van der Waals surface area (Å²) in [6.07, 6.45) is 0. The number of carbonyl (C=O) groups is 2. The number of hydrogen-bond donors (Lipinski definition) is 1. The first kappa shape index (κ1) is 21.5. The third-order valence-electron chi connectivity index (χ3n) is 5.05. The van der Waals surface area contributed by atoms with Gasteiger partial charge >= 0.3 is 0 Å². The van der Waals surface area contributed by atoms with Crippen molar-refractivity contribution < 1.29 is 9.59 Å². The summed E-state index contributed by atoms with van der Waals surface area (Å²) >= 11 is 1.35. The van der Waals surface area contributed by atoms with Crippen LogP contribution in [0.2, 0.25) is 0 Å². The number of rotatable bonds is 7. The molecule has 0 aliphatic rings. The van der Waals surface area contributed by atoms with Gasteiger partial charge in [-0.1, -0.05) is 54.2 Å². The Morgan fingerprint density at radius 3 is 2.28 bits per heavy atom. The van der Waals surface area contributed by atoms with E-state index in [4.69, 9.17) is 0 Å². The van der Waals surface area contributed by atoms with Crippen LogP contribution < -0.4 is 5.32 Å². The van der Waals surface area contributed by atoms with Gasteiger partial charge in [0, 0.05) is 29.4 Å². The van der Waals surface area contributed by atoms with E-state index in [0.717, 1.165) is 17.0 Å². The molecule has 0 aliphatic carbocycles. The van der Waals surface area contributed by atoms with Crippen molar-refractivity contribution in [1.29, 1.82) is 0 Å². The summed E-state index contributed by atoms with van der Waals surface area (Å²) < 4.78 is 1.91. The normalized spacial score (nSPS) is 10.7. The summed E-state index contributed by atoms with van der Waals surface area (Å²) in [5.41, 5.74) is 3.94. The van der Waals surface area contributed by atoms with Gasteiger partial charge in [-0.15, -0.1) is 10.2 Å². The van der Waals surface area contributed by atoms with Gasteiger partial charge in [0.1, 0.15) is 0 Å². The molecule has 1 heterocycles. The summed E-state index contributed by atoms with van der Waals surface area (Å²) in [5, 5.41) is 12.1. The van der Waals surface area contributed by atoms with Crippen molar-refractivity contribution in [1.82, 2.24) is 14.8 Å². The van der Waals surface area contributed by atoms with E-state index in [1.165, 1.54) is 11.8 Å². The molecule has 1 aromatic heterocycles. The SMILES string of the molecule is Cc1ccccc1-c1nnc(SCC(=O)c2ccc(NC(=O)c3ccccc3)cc2)n1C. The fourth-order valence-corrected chi connectivity index (χ4v) is 4.05. The standard InChI is InChI=1S/C25H22N4O2S/c1-17-8-6-7-11-21(17)23-27-28-25(29(23)2)32-16-22(30)18-12-14-20(15-13-18)26-24(31)19-9-4-3-5-10-19/h3-15H,16H2,1-2H3,(H,26,31). The molecule has 0 saturated carbocycles. The molecule has 0 fully saturated rings. The van der Waals surface area contributed by atoms with Gasteiger partial charge in [0.25, 0.3) is 5.91 Å². The van der Waals surface area contributed by atoms with Crippen LogP contribution in [0.1, 0.15) is 26.3 Å². The van der Waals surface area contributed by atoms with Crippen LogP contribution in [0.25, 0.3) is 11.4 Å². The molecule has 1 N–H and O–H groups in total. The zero-order valence-electron chi connectivity index (χ0n) is 17.8. The van der Waals surface area contributed by atoms with Gasteiger partial charge in [0.05, 0.1) is 5.75 Å². The van der Waals surface area contributed by atoms with E-state index in [2.05, 4.69) is 15.5 Å². The van der Waals surface area contributed by atoms with Crippen molar-refractivity contribution in [2.45, 2.75) is 12.1 Å². The van der Waals surface area contributed by atoms with E-state index >= 15 is 0 Å². The fourth-order valence-electron chi connectivity index (χ4n) is 3.24. The Balaban J connectivity index is 1.38. The van der Waals surface area contributed by atoms with Crippen molar-refractivity contribution in [3.05, 3.63) is 95.6 Å². The maximum atomic E-state index is 12.6. The van der Waals surface area contributed by atoms with Crippen molar-refractivity contribution in [3.63, 3.8) is 0 Å². The molecule has 4 aromatic rings. The Morgan fingerprint density at radius 1 is 0.875 bits per heavy atom. The molecular formula is C25H22N4O2S. The number of amides is 1. The van der Waals surface area contributed by atoms with Crippen molar-refractivity contribution in [3.8, 4) is 11.4 Å². The van der Waals surface area contributed by atoms with Crippen LogP contribution in [0.5, 0.6) is 0 Å². The molecule has 6 nitrogen and oxygen atoms in total. The maximum Gasteiger partial charge on any atom is 0.255 e. The number of thioether (sulfide) groups is 1. The molecule has 4 rings (SSSR count). The number of Topliss-reactive ketones (excluding diaryl/α,β-unsaturated/α-hetero) is 1. The van der Waals surface area contributed by atoms with Gasteiger partial charge < -0.3 is 9.88 Å². The van der Waals surface area contributed by atoms with Gasteiger partial charge in [-0.2, -0.15) is 0 Å². The van der Waals surface area contributed by atoms with E-state index in [0.29, 0.717) is 22.0 Å². The molecule has 0 aliphatic heterocycles. The molecule has 32 heavy (non-hydrogen) atoms. The molecule has 3 aromatic carbocycles. The van der Waals surface area contributed by atoms with Crippen LogP contribution in [0.4, 0.5) is 5.69 Å². The maximum absolute atomic E-state index is 12.6. The Bertz CT molecular complexity index is 1250. The Morgan fingerprint density at radius 2 is 1.56 bits per heavy atom. The first-order valence-corrected chi connectivity index (χ1v) is 11.1. The molecule has 0 bridgehead atoms. The number of anilines is 1. The smallest absolute Gasteiger partial charge is 0.255 e. The van der Waals surface area contributed by atoms with Crippen LogP contribution in [-0.2, 0) is 7.05 Å². The lowest BCUT2D eigenvalue weighted by atomic mass is 10.1.